The molecule has 1 aromatic rings. The number of aryl methyl sites for hydroxylation is 1. The van der Waals surface area contributed by atoms with Crippen LogP contribution in [0.25, 0.3) is 0 Å². The molecule has 0 fully saturated rings. The minimum atomic E-state index is 0. The van der Waals surface area contributed by atoms with Gasteiger partial charge in [0.1, 0.15) is 0 Å². The Labute approximate surface area is 149 Å². The van der Waals surface area contributed by atoms with Crippen molar-refractivity contribution in [1.29, 1.82) is 0 Å². The second-order valence-corrected chi connectivity index (χ2v) is 5.77. The van der Waals surface area contributed by atoms with Crippen molar-refractivity contribution < 1.29 is 0 Å². The van der Waals surface area contributed by atoms with Crippen LogP contribution < -0.4 is 0 Å². The molecule has 0 nitrogen and oxygen atoms in total. The van der Waals surface area contributed by atoms with E-state index in [1.54, 1.807) is 0 Å². The van der Waals surface area contributed by atoms with E-state index in [9.17, 15) is 0 Å². The van der Waals surface area contributed by atoms with Crippen LogP contribution in [-0.2, 0) is 6.42 Å². The van der Waals surface area contributed by atoms with Crippen molar-refractivity contribution in [3.05, 3.63) is 35.9 Å². The van der Waals surface area contributed by atoms with Gasteiger partial charge < -0.3 is 0 Å². The van der Waals surface area contributed by atoms with Crippen LogP contribution in [0.2, 0.25) is 0 Å². The van der Waals surface area contributed by atoms with Crippen molar-refractivity contribution in [2.45, 2.75) is 84.0 Å². The summed E-state index contributed by atoms with van der Waals surface area (Å²) in [6.45, 7) is 2.29. The second kappa shape index (κ2) is 15.6. The summed E-state index contributed by atoms with van der Waals surface area (Å²) in [4.78, 5) is 0. The molecule has 0 aliphatic heterocycles. The van der Waals surface area contributed by atoms with E-state index in [1.807, 2.05) is 0 Å². The quantitative estimate of drug-likeness (QED) is 0.331. The van der Waals surface area contributed by atoms with Gasteiger partial charge in [-0.15, -0.1) is 0 Å². The van der Waals surface area contributed by atoms with E-state index in [2.05, 4.69) is 37.3 Å². The van der Waals surface area contributed by atoms with Crippen molar-refractivity contribution in [3.63, 3.8) is 0 Å². The summed E-state index contributed by atoms with van der Waals surface area (Å²) in [6, 6.07) is 10.9. The summed E-state index contributed by atoms with van der Waals surface area (Å²) < 4.78 is 0. The summed E-state index contributed by atoms with van der Waals surface area (Å²) in [5.74, 6) is 0. The van der Waals surface area contributed by atoms with Crippen LogP contribution in [0.4, 0.5) is 0 Å². The maximum absolute atomic E-state index is 2.29. The molecule has 0 aromatic heterocycles. The van der Waals surface area contributed by atoms with Gasteiger partial charge in [0.25, 0.3) is 0 Å². The van der Waals surface area contributed by atoms with Crippen LogP contribution >= 0.6 is 0 Å². The fourth-order valence-corrected chi connectivity index (χ4v) is 2.64. The molecule has 0 radical (unpaired) electrons. The molecule has 1 aromatic carbocycles. The van der Waals surface area contributed by atoms with Gasteiger partial charge in [-0.1, -0.05) is 101 Å². The zero-order chi connectivity index (χ0) is 13.6. The van der Waals surface area contributed by atoms with Crippen LogP contribution in [0.1, 0.15) is 83.1 Å². The predicted octanol–water partition coefficient (Wildman–Crippen LogP) is 5.89. The Bertz CT molecular complexity index is 281. The molecule has 0 aliphatic carbocycles. The minimum absolute atomic E-state index is 0. The van der Waals surface area contributed by atoms with E-state index < -0.39 is 0 Å². The van der Waals surface area contributed by atoms with Gasteiger partial charge in [-0.25, -0.2) is 0 Å². The molecule has 0 bridgehead atoms. The first-order valence-electron chi connectivity index (χ1n) is 8.47. The van der Waals surface area contributed by atoms with Crippen LogP contribution in [0.15, 0.2) is 30.3 Å². The molecule has 0 unspecified atom stereocenters. The molecule has 1 rings (SSSR count). The fraction of sp³-hybridized carbons (Fsp3) is 0.684. The Kier molecular flexibility index (Phi) is 15.8. The first-order valence-corrected chi connectivity index (χ1v) is 8.47. The van der Waals surface area contributed by atoms with Crippen LogP contribution in [0.3, 0.4) is 0 Å². The number of hydrogen-bond donors (Lipinski definition) is 0. The number of hydrogen-bond acceptors (Lipinski definition) is 0. The number of benzene rings is 1. The third kappa shape index (κ3) is 12.0. The third-order valence-corrected chi connectivity index (χ3v) is 3.91. The van der Waals surface area contributed by atoms with Crippen molar-refractivity contribution in [1.82, 2.24) is 0 Å². The van der Waals surface area contributed by atoms with Gasteiger partial charge >= 0.3 is 29.6 Å². The average molecular weight is 284 g/mol. The summed E-state index contributed by atoms with van der Waals surface area (Å²) >= 11 is 0. The molecule has 0 heterocycles. The van der Waals surface area contributed by atoms with Gasteiger partial charge in [0.15, 0.2) is 0 Å². The molecular formula is C19H33Na. The summed E-state index contributed by atoms with van der Waals surface area (Å²) in [5, 5.41) is 0. The molecule has 0 spiro atoms. The van der Waals surface area contributed by atoms with E-state index in [-0.39, 0.29) is 29.6 Å². The SMILES string of the molecule is CCCCCCCCCCCCCc1ccccc1.[NaH]. The van der Waals surface area contributed by atoms with E-state index >= 15 is 0 Å². The molecule has 0 aliphatic rings. The summed E-state index contributed by atoms with van der Waals surface area (Å²) in [7, 11) is 0. The number of unbranched alkanes of at least 4 members (excludes halogenated alkanes) is 10. The van der Waals surface area contributed by atoms with Gasteiger partial charge in [-0.05, 0) is 18.4 Å². The van der Waals surface area contributed by atoms with Gasteiger partial charge in [0.05, 0.1) is 0 Å². The first kappa shape index (κ1) is 20.2. The van der Waals surface area contributed by atoms with Gasteiger partial charge in [-0.2, -0.15) is 0 Å². The molecular weight excluding hydrogens is 251 g/mol. The zero-order valence-electron chi connectivity index (χ0n) is 12.9. The Morgan fingerprint density at radius 1 is 0.600 bits per heavy atom. The van der Waals surface area contributed by atoms with Crippen molar-refractivity contribution in [3.8, 4) is 0 Å². The van der Waals surface area contributed by atoms with Crippen LogP contribution in [0, 0.1) is 0 Å². The van der Waals surface area contributed by atoms with E-state index in [4.69, 9.17) is 0 Å². The predicted molar refractivity (Wildman–Crippen MR) is 93.8 cm³/mol. The third-order valence-electron chi connectivity index (χ3n) is 3.91. The van der Waals surface area contributed by atoms with Gasteiger partial charge in [0, 0.05) is 0 Å². The van der Waals surface area contributed by atoms with E-state index in [1.165, 1.54) is 82.6 Å². The van der Waals surface area contributed by atoms with Gasteiger partial charge in [0.2, 0.25) is 0 Å². The molecule has 0 atom stereocenters. The monoisotopic (exact) mass is 284 g/mol. The molecule has 1 heteroatoms. The molecule has 20 heavy (non-hydrogen) atoms. The van der Waals surface area contributed by atoms with Crippen molar-refractivity contribution in [2.24, 2.45) is 0 Å². The standard InChI is InChI=1S/C19H32.Na.H/c1-2-3-4-5-6-7-8-9-10-11-13-16-19-17-14-12-15-18-19;;/h12,14-15,17-18H,2-11,13,16H2,1H3;;. The summed E-state index contributed by atoms with van der Waals surface area (Å²) in [6.07, 6.45) is 17.0. The molecule has 0 N–H and O–H groups in total. The Morgan fingerprint density at radius 2 is 1.05 bits per heavy atom. The molecule has 110 valence electrons. The molecule has 0 saturated carbocycles. The number of rotatable bonds is 12. The molecule has 0 saturated heterocycles. The Morgan fingerprint density at radius 3 is 1.55 bits per heavy atom. The van der Waals surface area contributed by atoms with E-state index in [0.29, 0.717) is 0 Å². The van der Waals surface area contributed by atoms with Crippen molar-refractivity contribution in [2.75, 3.05) is 0 Å². The summed E-state index contributed by atoms with van der Waals surface area (Å²) in [5.41, 5.74) is 1.50. The zero-order valence-corrected chi connectivity index (χ0v) is 12.9. The van der Waals surface area contributed by atoms with Crippen LogP contribution in [-0.4, -0.2) is 29.6 Å². The Hall–Kier alpha value is 0.220. The average Bonchev–Trinajstić information content (AvgIpc) is 2.46. The Balaban J connectivity index is 0.00000361. The maximum atomic E-state index is 2.29. The van der Waals surface area contributed by atoms with E-state index in [0.717, 1.165) is 0 Å². The van der Waals surface area contributed by atoms with Crippen LogP contribution in [0.5, 0.6) is 0 Å². The van der Waals surface area contributed by atoms with Crippen molar-refractivity contribution >= 4 is 29.6 Å². The second-order valence-electron chi connectivity index (χ2n) is 5.77. The first-order chi connectivity index (χ1) is 9.43. The van der Waals surface area contributed by atoms with Gasteiger partial charge in [-0.3, -0.25) is 0 Å². The molecule has 0 amide bonds. The topological polar surface area (TPSA) is 0 Å². The normalized spacial score (nSPS) is 10.2. The fourth-order valence-electron chi connectivity index (χ4n) is 2.64.